The van der Waals surface area contributed by atoms with Gasteiger partial charge in [-0.3, -0.25) is 4.79 Å². The Kier molecular flexibility index (Phi) is 6.42. The second kappa shape index (κ2) is 8.61. The second-order valence-electron chi connectivity index (χ2n) is 7.83. The monoisotopic (exact) mass is 393 g/mol. The smallest absolute Gasteiger partial charge is 0.243 e. The van der Waals surface area contributed by atoms with Gasteiger partial charge in [-0.15, -0.1) is 0 Å². The zero-order chi connectivity index (χ0) is 19.4. The van der Waals surface area contributed by atoms with Crippen molar-refractivity contribution in [1.82, 2.24) is 9.21 Å². The molecule has 0 aromatic heterocycles. The summed E-state index contributed by atoms with van der Waals surface area (Å²) in [5.74, 6) is -0.0765. The lowest BCUT2D eigenvalue weighted by molar-refractivity contribution is -0.136. The Labute approximate surface area is 163 Å². The molecule has 0 spiro atoms. The fraction of sp³-hybridized carbons (Fsp3) is 0.650. The average molecular weight is 394 g/mol. The van der Waals surface area contributed by atoms with Gasteiger partial charge in [0.1, 0.15) is 0 Å². The van der Waals surface area contributed by atoms with E-state index in [1.54, 1.807) is 12.1 Å². The number of amides is 1. The minimum absolute atomic E-state index is 0.139. The van der Waals surface area contributed by atoms with Gasteiger partial charge < -0.3 is 9.80 Å². The molecule has 2 fully saturated rings. The summed E-state index contributed by atoms with van der Waals surface area (Å²) in [7, 11) is 0.283. The van der Waals surface area contributed by atoms with Crippen molar-refractivity contribution in [1.29, 1.82) is 0 Å². The molecule has 150 valence electrons. The molecule has 7 heteroatoms. The highest BCUT2D eigenvalue weighted by Gasteiger charge is 2.35. The van der Waals surface area contributed by atoms with Gasteiger partial charge in [-0.25, -0.2) is 8.42 Å². The van der Waals surface area contributed by atoms with E-state index in [0.29, 0.717) is 18.0 Å². The van der Waals surface area contributed by atoms with Gasteiger partial charge >= 0.3 is 0 Å². The van der Waals surface area contributed by atoms with Crippen LogP contribution in [0.1, 0.15) is 38.5 Å². The third-order valence-corrected chi connectivity index (χ3v) is 7.52. The Morgan fingerprint density at radius 1 is 0.963 bits per heavy atom. The van der Waals surface area contributed by atoms with Crippen molar-refractivity contribution in [2.24, 2.45) is 5.92 Å². The maximum atomic E-state index is 13.1. The van der Waals surface area contributed by atoms with Gasteiger partial charge in [-0.05, 0) is 49.9 Å². The van der Waals surface area contributed by atoms with Gasteiger partial charge in [-0.1, -0.05) is 12.8 Å². The number of benzene rings is 1. The number of carbonyl (C=O) groups is 1. The summed E-state index contributed by atoms with van der Waals surface area (Å²) in [5.41, 5.74) is 0.960. The number of likely N-dealkylation sites (tertiary alicyclic amines) is 1. The van der Waals surface area contributed by atoms with E-state index in [1.807, 2.05) is 36.0 Å². The van der Waals surface area contributed by atoms with Crippen LogP contribution in [0.4, 0.5) is 5.69 Å². The molecule has 2 aliphatic rings. The minimum Gasteiger partial charge on any atom is -0.378 e. The van der Waals surface area contributed by atoms with Gasteiger partial charge in [0.2, 0.25) is 15.9 Å². The van der Waals surface area contributed by atoms with E-state index < -0.39 is 10.0 Å². The SMILES string of the molecule is CN(C)c1ccc(S(=O)(=O)N2CCCC(C(=O)N3CCCCCC3)C2)cc1. The van der Waals surface area contributed by atoms with Gasteiger partial charge in [0.05, 0.1) is 10.8 Å². The van der Waals surface area contributed by atoms with Gasteiger partial charge in [0.15, 0.2) is 0 Å². The fourth-order valence-electron chi connectivity index (χ4n) is 3.98. The van der Waals surface area contributed by atoms with Crippen LogP contribution < -0.4 is 4.90 Å². The molecule has 0 aliphatic carbocycles. The highest BCUT2D eigenvalue weighted by Crippen LogP contribution is 2.27. The number of anilines is 1. The van der Waals surface area contributed by atoms with Crippen molar-refractivity contribution >= 4 is 21.6 Å². The van der Waals surface area contributed by atoms with E-state index in [1.165, 1.54) is 17.1 Å². The van der Waals surface area contributed by atoms with Gasteiger partial charge in [0.25, 0.3) is 0 Å². The molecular weight excluding hydrogens is 362 g/mol. The average Bonchev–Trinajstić information content (AvgIpc) is 2.97. The molecule has 1 atom stereocenters. The first-order chi connectivity index (χ1) is 12.9. The maximum Gasteiger partial charge on any atom is 0.243 e. The highest BCUT2D eigenvalue weighted by molar-refractivity contribution is 7.89. The molecule has 0 N–H and O–H groups in total. The number of hydrogen-bond donors (Lipinski definition) is 0. The lowest BCUT2D eigenvalue weighted by atomic mass is 9.98. The zero-order valence-electron chi connectivity index (χ0n) is 16.4. The molecule has 1 unspecified atom stereocenters. The minimum atomic E-state index is -3.56. The van der Waals surface area contributed by atoms with Crippen molar-refractivity contribution in [3.8, 4) is 0 Å². The molecule has 2 saturated heterocycles. The first-order valence-electron chi connectivity index (χ1n) is 9.96. The van der Waals surface area contributed by atoms with E-state index in [0.717, 1.165) is 44.5 Å². The molecule has 3 rings (SSSR count). The first kappa shape index (κ1) is 20.1. The number of hydrogen-bond acceptors (Lipinski definition) is 4. The molecule has 1 aromatic rings. The van der Waals surface area contributed by atoms with Crippen LogP contribution in [0, 0.1) is 5.92 Å². The third-order valence-electron chi connectivity index (χ3n) is 5.64. The normalized spacial score (nSPS) is 22.3. The maximum absolute atomic E-state index is 13.1. The number of sulfonamides is 1. The van der Waals surface area contributed by atoms with E-state index in [2.05, 4.69) is 0 Å². The Hall–Kier alpha value is -1.60. The number of rotatable bonds is 4. The third kappa shape index (κ3) is 4.63. The van der Waals surface area contributed by atoms with Crippen LogP contribution in [0.2, 0.25) is 0 Å². The summed E-state index contributed by atoms with van der Waals surface area (Å²) < 4.78 is 27.6. The van der Waals surface area contributed by atoms with Crippen LogP contribution >= 0.6 is 0 Å². The molecule has 1 amide bonds. The Morgan fingerprint density at radius 3 is 2.19 bits per heavy atom. The summed E-state index contributed by atoms with van der Waals surface area (Å²) in [6, 6.07) is 6.95. The standard InChI is InChI=1S/C20H31N3O3S/c1-21(2)18-9-11-19(12-10-18)27(25,26)23-15-7-8-17(16-23)20(24)22-13-5-3-4-6-14-22/h9-12,17H,3-8,13-16H2,1-2H3. The van der Waals surface area contributed by atoms with Crippen LogP contribution in [0.5, 0.6) is 0 Å². The summed E-state index contributed by atoms with van der Waals surface area (Å²) in [6.45, 7) is 2.41. The fourth-order valence-corrected chi connectivity index (χ4v) is 5.50. The predicted octanol–water partition coefficient (Wildman–Crippen LogP) is 2.56. The summed E-state index contributed by atoms with van der Waals surface area (Å²) in [4.78, 5) is 17.1. The summed E-state index contributed by atoms with van der Waals surface area (Å²) >= 11 is 0. The number of carbonyl (C=O) groups excluding carboxylic acids is 1. The lowest BCUT2D eigenvalue weighted by Gasteiger charge is -2.34. The van der Waals surface area contributed by atoms with Crippen LogP contribution in [0.3, 0.4) is 0 Å². The molecule has 0 saturated carbocycles. The predicted molar refractivity (Wildman–Crippen MR) is 107 cm³/mol. The van der Waals surface area contributed by atoms with Gasteiger partial charge in [-0.2, -0.15) is 4.31 Å². The van der Waals surface area contributed by atoms with Crippen molar-refractivity contribution < 1.29 is 13.2 Å². The Morgan fingerprint density at radius 2 is 1.59 bits per heavy atom. The topological polar surface area (TPSA) is 60.9 Å². The van der Waals surface area contributed by atoms with Crippen molar-refractivity contribution in [2.75, 3.05) is 45.2 Å². The molecule has 2 heterocycles. The summed E-state index contributed by atoms with van der Waals surface area (Å²) in [5, 5.41) is 0. The Balaban J connectivity index is 1.71. The van der Waals surface area contributed by atoms with E-state index in [-0.39, 0.29) is 11.8 Å². The highest BCUT2D eigenvalue weighted by atomic mass is 32.2. The molecule has 1 aromatic carbocycles. The quantitative estimate of drug-likeness (QED) is 0.789. The molecule has 0 radical (unpaired) electrons. The van der Waals surface area contributed by atoms with Crippen LogP contribution in [-0.2, 0) is 14.8 Å². The molecule has 0 bridgehead atoms. The second-order valence-corrected chi connectivity index (χ2v) is 9.77. The molecule has 2 aliphatic heterocycles. The lowest BCUT2D eigenvalue weighted by Crippen LogP contribution is -2.46. The van der Waals surface area contributed by atoms with Crippen molar-refractivity contribution in [3.05, 3.63) is 24.3 Å². The van der Waals surface area contributed by atoms with Crippen LogP contribution in [0.25, 0.3) is 0 Å². The summed E-state index contributed by atoms with van der Waals surface area (Å²) in [6.07, 6.45) is 5.98. The van der Waals surface area contributed by atoms with Crippen molar-refractivity contribution in [2.45, 2.75) is 43.4 Å². The Bertz CT molecular complexity index is 738. The first-order valence-corrected chi connectivity index (χ1v) is 11.4. The van der Waals surface area contributed by atoms with E-state index in [4.69, 9.17) is 0 Å². The molecular formula is C20H31N3O3S. The van der Waals surface area contributed by atoms with E-state index in [9.17, 15) is 13.2 Å². The molecule has 27 heavy (non-hydrogen) atoms. The van der Waals surface area contributed by atoms with Crippen LogP contribution in [0.15, 0.2) is 29.2 Å². The van der Waals surface area contributed by atoms with E-state index >= 15 is 0 Å². The number of piperidine rings is 1. The molecule has 6 nitrogen and oxygen atoms in total. The van der Waals surface area contributed by atoms with Crippen LogP contribution in [-0.4, -0.2) is 63.8 Å². The number of nitrogens with zero attached hydrogens (tertiary/aromatic N) is 3. The van der Waals surface area contributed by atoms with Crippen molar-refractivity contribution in [3.63, 3.8) is 0 Å². The zero-order valence-corrected chi connectivity index (χ0v) is 17.2. The van der Waals surface area contributed by atoms with Gasteiger partial charge in [0, 0.05) is 46.0 Å². The largest absolute Gasteiger partial charge is 0.378 e.